The van der Waals surface area contributed by atoms with Gasteiger partial charge in [0.05, 0.1) is 5.39 Å². The number of nitrogens with zero attached hydrogens (tertiary/aromatic N) is 2. The van der Waals surface area contributed by atoms with Crippen molar-refractivity contribution in [2.75, 3.05) is 5.32 Å². The van der Waals surface area contributed by atoms with E-state index in [1.807, 2.05) is 42.5 Å². The van der Waals surface area contributed by atoms with Gasteiger partial charge in [0.2, 0.25) is 0 Å². The molecule has 3 heterocycles. The Labute approximate surface area is 144 Å². The maximum atomic E-state index is 12.5. The summed E-state index contributed by atoms with van der Waals surface area (Å²) in [4.78, 5) is 21.0. The maximum Gasteiger partial charge on any atom is 0.193 e. The van der Waals surface area contributed by atoms with E-state index in [1.54, 1.807) is 24.5 Å². The maximum absolute atomic E-state index is 12.5. The number of hydrogen-bond donors (Lipinski definition) is 1. The molecular weight excluding hydrogens is 314 g/mol. The summed E-state index contributed by atoms with van der Waals surface area (Å²) >= 11 is 0. The van der Waals surface area contributed by atoms with E-state index < -0.39 is 0 Å². The van der Waals surface area contributed by atoms with E-state index in [2.05, 4.69) is 15.3 Å². The van der Waals surface area contributed by atoms with Crippen molar-refractivity contribution in [2.45, 2.75) is 6.54 Å². The largest absolute Gasteiger partial charge is 0.450 e. The van der Waals surface area contributed by atoms with E-state index in [1.165, 1.54) is 6.07 Å². The second-order valence-electron chi connectivity index (χ2n) is 5.57. The molecule has 0 amide bonds. The van der Waals surface area contributed by atoms with E-state index in [-0.39, 0.29) is 5.43 Å². The van der Waals surface area contributed by atoms with Gasteiger partial charge < -0.3 is 9.73 Å². The van der Waals surface area contributed by atoms with Crippen molar-refractivity contribution in [1.82, 2.24) is 9.97 Å². The molecule has 0 spiro atoms. The second-order valence-corrected chi connectivity index (χ2v) is 5.57. The molecule has 0 unspecified atom stereocenters. The highest BCUT2D eigenvalue weighted by molar-refractivity contribution is 5.87. The zero-order valence-electron chi connectivity index (χ0n) is 13.3. The van der Waals surface area contributed by atoms with Crippen molar-refractivity contribution >= 4 is 16.8 Å². The van der Waals surface area contributed by atoms with Crippen LogP contribution in [0.3, 0.4) is 0 Å². The summed E-state index contributed by atoms with van der Waals surface area (Å²) in [5.74, 6) is 0.963. The molecule has 5 nitrogen and oxygen atoms in total. The average Bonchev–Trinajstić information content (AvgIpc) is 2.68. The Morgan fingerprint density at radius 2 is 1.76 bits per heavy atom. The summed E-state index contributed by atoms with van der Waals surface area (Å²) in [6.07, 6.45) is 3.27. The number of rotatable bonds is 4. The van der Waals surface area contributed by atoms with Crippen molar-refractivity contribution in [1.29, 1.82) is 0 Å². The van der Waals surface area contributed by atoms with Crippen LogP contribution >= 0.6 is 0 Å². The number of benzene rings is 1. The lowest BCUT2D eigenvalue weighted by Gasteiger charge is -2.09. The molecule has 0 atom stereocenters. The summed E-state index contributed by atoms with van der Waals surface area (Å²) in [5, 5.41) is 3.74. The Hall–Kier alpha value is -3.47. The molecular formula is C20H15N3O2. The van der Waals surface area contributed by atoms with Crippen molar-refractivity contribution in [2.24, 2.45) is 0 Å². The molecule has 25 heavy (non-hydrogen) atoms. The molecule has 0 aliphatic heterocycles. The fourth-order valence-corrected chi connectivity index (χ4v) is 2.62. The number of anilines is 1. The Morgan fingerprint density at radius 1 is 0.920 bits per heavy atom. The number of nitrogens with one attached hydrogen (secondary N) is 1. The van der Waals surface area contributed by atoms with Gasteiger partial charge >= 0.3 is 0 Å². The van der Waals surface area contributed by atoms with Crippen LogP contribution in [0.25, 0.3) is 22.4 Å². The molecule has 1 aromatic carbocycles. The Bertz CT molecular complexity index is 1060. The lowest BCUT2D eigenvalue weighted by Crippen LogP contribution is -2.06. The molecule has 4 aromatic rings. The highest BCUT2D eigenvalue weighted by Gasteiger charge is 2.12. The standard InChI is InChI=1S/C20H15N3O2/c24-17-12-18(16-8-4-5-10-21-16)25-19-15(17)9-11-22-20(19)23-13-14-6-2-1-3-7-14/h1-12H,13H2,(H,22,23). The van der Waals surface area contributed by atoms with Crippen LogP contribution in [-0.4, -0.2) is 9.97 Å². The zero-order valence-corrected chi connectivity index (χ0v) is 13.3. The van der Waals surface area contributed by atoms with Crippen LogP contribution in [0.2, 0.25) is 0 Å². The Balaban J connectivity index is 1.77. The van der Waals surface area contributed by atoms with Crippen LogP contribution in [0.15, 0.2) is 82.3 Å². The third kappa shape index (κ3) is 3.12. The first-order valence-corrected chi connectivity index (χ1v) is 7.93. The first-order valence-electron chi connectivity index (χ1n) is 7.93. The van der Waals surface area contributed by atoms with Crippen LogP contribution in [0.5, 0.6) is 0 Å². The van der Waals surface area contributed by atoms with Crippen molar-refractivity contribution in [3.05, 3.63) is 88.8 Å². The van der Waals surface area contributed by atoms with Gasteiger partial charge in [-0.05, 0) is 23.8 Å². The fraction of sp³-hybridized carbons (Fsp3) is 0.0500. The summed E-state index contributed by atoms with van der Waals surface area (Å²) in [6, 6.07) is 18.6. The van der Waals surface area contributed by atoms with E-state index >= 15 is 0 Å². The topological polar surface area (TPSA) is 68.0 Å². The smallest absolute Gasteiger partial charge is 0.193 e. The van der Waals surface area contributed by atoms with Gasteiger partial charge in [-0.2, -0.15) is 0 Å². The zero-order chi connectivity index (χ0) is 17.1. The van der Waals surface area contributed by atoms with E-state index in [4.69, 9.17) is 4.42 Å². The molecule has 0 aliphatic rings. The van der Waals surface area contributed by atoms with Crippen LogP contribution in [0.1, 0.15) is 5.56 Å². The van der Waals surface area contributed by atoms with Gasteiger partial charge in [-0.25, -0.2) is 4.98 Å². The first-order chi connectivity index (χ1) is 12.3. The minimum Gasteiger partial charge on any atom is -0.450 e. The van der Waals surface area contributed by atoms with Crippen LogP contribution in [0, 0.1) is 0 Å². The summed E-state index contributed by atoms with van der Waals surface area (Å²) in [6.45, 7) is 0.588. The predicted octanol–water partition coefficient (Wildman–Crippen LogP) is 3.86. The number of aromatic nitrogens is 2. The molecule has 0 radical (unpaired) electrons. The van der Waals surface area contributed by atoms with Gasteiger partial charge in [0.15, 0.2) is 22.6 Å². The van der Waals surface area contributed by atoms with Gasteiger partial charge in [-0.1, -0.05) is 36.4 Å². The highest BCUT2D eigenvalue weighted by Crippen LogP contribution is 2.24. The summed E-state index contributed by atoms with van der Waals surface area (Å²) < 4.78 is 5.96. The molecule has 5 heteroatoms. The van der Waals surface area contributed by atoms with Crippen LogP contribution < -0.4 is 10.7 Å². The molecule has 0 fully saturated rings. The molecule has 122 valence electrons. The van der Waals surface area contributed by atoms with Gasteiger partial charge in [0.25, 0.3) is 0 Å². The van der Waals surface area contributed by atoms with Gasteiger partial charge in [-0.15, -0.1) is 0 Å². The van der Waals surface area contributed by atoms with Crippen LogP contribution in [-0.2, 0) is 6.54 Å². The normalized spacial score (nSPS) is 10.7. The van der Waals surface area contributed by atoms with E-state index in [0.29, 0.717) is 34.8 Å². The van der Waals surface area contributed by atoms with Gasteiger partial charge in [0.1, 0.15) is 5.69 Å². The summed E-state index contributed by atoms with van der Waals surface area (Å²) in [7, 11) is 0. The lowest BCUT2D eigenvalue weighted by molar-refractivity contribution is 0.615. The van der Waals surface area contributed by atoms with Gasteiger partial charge in [0, 0.05) is 25.0 Å². The molecule has 0 aliphatic carbocycles. The molecule has 0 saturated carbocycles. The quantitative estimate of drug-likeness (QED) is 0.616. The van der Waals surface area contributed by atoms with Crippen molar-refractivity contribution < 1.29 is 4.42 Å². The molecule has 1 N–H and O–H groups in total. The predicted molar refractivity (Wildman–Crippen MR) is 97.3 cm³/mol. The molecule has 0 bridgehead atoms. The molecule has 4 rings (SSSR count). The second kappa shape index (κ2) is 6.57. The lowest BCUT2D eigenvalue weighted by atomic mass is 10.2. The number of pyridine rings is 2. The Morgan fingerprint density at radius 3 is 2.56 bits per heavy atom. The van der Waals surface area contributed by atoms with E-state index in [0.717, 1.165) is 5.56 Å². The SMILES string of the molecule is O=c1cc(-c2ccccn2)oc2c(NCc3ccccc3)nccc12. The average molecular weight is 329 g/mol. The molecule has 0 saturated heterocycles. The number of hydrogen-bond acceptors (Lipinski definition) is 5. The van der Waals surface area contributed by atoms with E-state index in [9.17, 15) is 4.79 Å². The highest BCUT2D eigenvalue weighted by atomic mass is 16.3. The first kappa shape index (κ1) is 15.1. The fourth-order valence-electron chi connectivity index (χ4n) is 2.62. The van der Waals surface area contributed by atoms with Crippen LogP contribution in [0.4, 0.5) is 5.82 Å². The van der Waals surface area contributed by atoms with Crippen molar-refractivity contribution in [3.8, 4) is 11.5 Å². The minimum atomic E-state index is -0.118. The third-order valence-corrected chi connectivity index (χ3v) is 3.86. The third-order valence-electron chi connectivity index (χ3n) is 3.86. The van der Waals surface area contributed by atoms with Gasteiger partial charge in [-0.3, -0.25) is 9.78 Å². The number of fused-ring (bicyclic) bond motifs is 1. The monoisotopic (exact) mass is 329 g/mol. The Kier molecular flexibility index (Phi) is 3.96. The molecule has 3 aromatic heterocycles. The minimum absolute atomic E-state index is 0.118. The summed E-state index contributed by atoms with van der Waals surface area (Å²) in [5.41, 5.74) is 2.04. The van der Waals surface area contributed by atoms with Crippen molar-refractivity contribution in [3.63, 3.8) is 0 Å².